The summed E-state index contributed by atoms with van der Waals surface area (Å²) in [5.41, 5.74) is 0. The van der Waals surface area contributed by atoms with E-state index in [4.69, 9.17) is 4.74 Å². The Hall–Kier alpha value is -0.530. The van der Waals surface area contributed by atoms with E-state index in [2.05, 4.69) is 20.8 Å². The van der Waals surface area contributed by atoms with E-state index in [-0.39, 0.29) is 11.9 Å². The lowest BCUT2D eigenvalue weighted by Crippen LogP contribution is -2.24. The molecule has 0 aliphatic heterocycles. The van der Waals surface area contributed by atoms with Gasteiger partial charge in [-0.15, -0.1) is 0 Å². The van der Waals surface area contributed by atoms with Crippen LogP contribution in [-0.2, 0) is 9.53 Å². The van der Waals surface area contributed by atoms with Crippen LogP contribution in [0.15, 0.2) is 0 Å². The van der Waals surface area contributed by atoms with Gasteiger partial charge in [0.25, 0.3) is 0 Å². The highest BCUT2D eigenvalue weighted by Crippen LogP contribution is 2.23. The summed E-state index contributed by atoms with van der Waals surface area (Å²) in [4.78, 5) is 11.6. The van der Waals surface area contributed by atoms with E-state index in [9.17, 15) is 4.79 Å². The molecule has 0 aliphatic rings. The second kappa shape index (κ2) is 7.84. The average Bonchev–Trinajstić information content (AvgIpc) is 2.14. The molecule has 0 fully saturated rings. The molecular weight excluding hydrogens is 176 g/mol. The van der Waals surface area contributed by atoms with Gasteiger partial charge in [-0.05, 0) is 19.3 Å². The van der Waals surface area contributed by atoms with Gasteiger partial charge in [0.1, 0.15) is 0 Å². The van der Waals surface area contributed by atoms with Crippen LogP contribution in [-0.4, -0.2) is 12.6 Å². The average molecular weight is 200 g/mol. The molecule has 0 saturated heterocycles. The molecule has 0 bridgehead atoms. The smallest absolute Gasteiger partial charge is 0.309 e. The van der Waals surface area contributed by atoms with Crippen LogP contribution >= 0.6 is 0 Å². The van der Waals surface area contributed by atoms with Gasteiger partial charge >= 0.3 is 5.97 Å². The summed E-state index contributed by atoms with van der Waals surface area (Å²) in [6, 6.07) is 0. The number of ether oxygens (including phenoxy) is 1. The number of hydrogen-bond acceptors (Lipinski definition) is 2. The predicted octanol–water partition coefficient (Wildman–Crippen LogP) is 3.40. The molecule has 2 nitrogen and oxygen atoms in total. The van der Waals surface area contributed by atoms with E-state index in [1.54, 1.807) is 0 Å². The first-order valence-corrected chi connectivity index (χ1v) is 5.83. The molecule has 2 unspecified atom stereocenters. The molecule has 0 N–H and O–H groups in total. The Morgan fingerprint density at radius 3 is 2.14 bits per heavy atom. The topological polar surface area (TPSA) is 26.3 Å². The Bertz CT molecular complexity index is 154. The molecule has 0 aromatic carbocycles. The number of hydrogen-bond donors (Lipinski definition) is 0. The lowest BCUT2D eigenvalue weighted by molar-refractivity contribution is -0.150. The van der Waals surface area contributed by atoms with Crippen molar-refractivity contribution in [2.75, 3.05) is 6.61 Å². The molecule has 84 valence electrons. The molecule has 0 aromatic heterocycles. The predicted molar refractivity (Wildman–Crippen MR) is 59.1 cm³/mol. The largest absolute Gasteiger partial charge is 0.466 e. The lowest BCUT2D eigenvalue weighted by atomic mass is 9.87. The van der Waals surface area contributed by atoms with E-state index in [1.165, 1.54) is 0 Å². The van der Waals surface area contributed by atoms with Crippen LogP contribution in [0.3, 0.4) is 0 Å². The first kappa shape index (κ1) is 13.5. The molecule has 0 heterocycles. The summed E-state index contributed by atoms with van der Waals surface area (Å²) < 4.78 is 5.09. The van der Waals surface area contributed by atoms with Crippen molar-refractivity contribution in [3.63, 3.8) is 0 Å². The normalized spacial score (nSPS) is 14.9. The van der Waals surface area contributed by atoms with E-state index in [0.29, 0.717) is 12.5 Å². The van der Waals surface area contributed by atoms with Gasteiger partial charge in [0, 0.05) is 0 Å². The van der Waals surface area contributed by atoms with Crippen LogP contribution in [0.4, 0.5) is 0 Å². The Balaban J connectivity index is 4.18. The molecule has 0 radical (unpaired) electrons. The molecule has 0 saturated carbocycles. The fourth-order valence-electron chi connectivity index (χ4n) is 1.85. The van der Waals surface area contributed by atoms with Crippen molar-refractivity contribution < 1.29 is 9.53 Å². The number of esters is 1. The first-order chi connectivity index (χ1) is 6.67. The van der Waals surface area contributed by atoms with Crippen molar-refractivity contribution >= 4 is 5.97 Å². The van der Waals surface area contributed by atoms with Crippen molar-refractivity contribution in [1.82, 2.24) is 0 Å². The standard InChI is InChI=1S/C12H24O2/c1-5-8-10(4)11(9-6-2)12(13)14-7-3/h10-11H,5-9H2,1-4H3. The zero-order valence-electron chi connectivity index (χ0n) is 10.0. The van der Waals surface area contributed by atoms with Crippen LogP contribution in [0.5, 0.6) is 0 Å². The third-order valence-electron chi connectivity index (χ3n) is 2.62. The molecular formula is C12H24O2. The molecule has 0 aliphatic carbocycles. The zero-order valence-corrected chi connectivity index (χ0v) is 10.0. The number of rotatable bonds is 7. The SMILES string of the molecule is CCCC(C)C(CCC)C(=O)OCC. The lowest BCUT2D eigenvalue weighted by Gasteiger charge is -2.21. The Morgan fingerprint density at radius 1 is 1.14 bits per heavy atom. The minimum Gasteiger partial charge on any atom is -0.466 e. The maximum Gasteiger partial charge on any atom is 0.309 e. The molecule has 14 heavy (non-hydrogen) atoms. The van der Waals surface area contributed by atoms with E-state index >= 15 is 0 Å². The van der Waals surface area contributed by atoms with Crippen LogP contribution in [0.2, 0.25) is 0 Å². The van der Waals surface area contributed by atoms with Gasteiger partial charge in [-0.25, -0.2) is 0 Å². The van der Waals surface area contributed by atoms with Gasteiger partial charge in [0.2, 0.25) is 0 Å². The summed E-state index contributed by atoms with van der Waals surface area (Å²) in [6.07, 6.45) is 4.27. The van der Waals surface area contributed by atoms with Crippen molar-refractivity contribution in [2.24, 2.45) is 11.8 Å². The molecule has 0 rings (SSSR count). The summed E-state index contributed by atoms with van der Waals surface area (Å²) >= 11 is 0. The summed E-state index contributed by atoms with van der Waals surface area (Å²) in [5, 5.41) is 0. The Morgan fingerprint density at radius 2 is 1.71 bits per heavy atom. The van der Waals surface area contributed by atoms with Gasteiger partial charge in [-0.2, -0.15) is 0 Å². The highest BCUT2D eigenvalue weighted by molar-refractivity contribution is 5.72. The maximum absolute atomic E-state index is 11.6. The van der Waals surface area contributed by atoms with E-state index in [0.717, 1.165) is 25.7 Å². The summed E-state index contributed by atoms with van der Waals surface area (Å²) in [6.45, 7) is 8.79. The van der Waals surface area contributed by atoms with Gasteiger partial charge in [-0.1, -0.05) is 40.0 Å². The minimum absolute atomic E-state index is 0.00435. The first-order valence-electron chi connectivity index (χ1n) is 5.83. The van der Waals surface area contributed by atoms with Gasteiger partial charge < -0.3 is 4.74 Å². The Labute approximate surface area is 88.0 Å². The highest BCUT2D eigenvalue weighted by Gasteiger charge is 2.24. The third kappa shape index (κ3) is 4.64. The monoisotopic (exact) mass is 200 g/mol. The van der Waals surface area contributed by atoms with E-state index < -0.39 is 0 Å². The highest BCUT2D eigenvalue weighted by atomic mass is 16.5. The van der Waals surface area contributed by atoms with Crippen molar-refractivity contribution in [1.29, 1.82) is 0 Å². The van der Waals surface area contributed by atoms with Crippen molar-refractivity contribution in [3.05, 3.63) is 0 Å². The second-order valence-electron chi connectivity index (χ2n) is 3.91. The van der Waals surface area contributed by atoms with Crippen molar-refractivity contribution in [3.8, 4) is 0 Å². The van der Waals surface area contributed by atoms with Crippen LogP contribution in [0.1, 0.15) is 53.4 Å². The maximum atomic E-state index is 11.6. The summed E-state index contributed by atoms with van der Waals surface area (Å²) in [7, 11) is 0. The molecule has 2 atom stereocenters. The number of carbonyl (C=O) groups is 1. The van der Waals surface area contributed by atoms with Crippen LogP contribution < -0.4 is 0 Å². The van der Waals surface area contributed by atoms with E-state index in [1.807, 2.05) is 6.92 Å². The van der Waals surface area contributed by atoms with Crippen LogP contribution in [0, 0.1) is 11.8 Å². The quantitative estimate of drug-likeness (QED) is 0.589. The molecule has 0 spiro atoms. The number of carbonyl (C=O) groups excluding carboxylic acids is 1. The third-order valence-corrected chi connectivity index (χ3v) is 2.62. The second-order valence-corrected chi connectivity index (χ2v) is 3.91. The fraction of sp³-hybridized carbons (Fsp3) is 0.917. The zero-order chi connectivity index (χ0) is 11.0. The molecule has 2 heteroatoms. The van der Waals surface area contributed by atoms with Crippen LogP contribution in [0.25, 0.3) is 0 Å². The molecule has 0 aromatic rings. The summed E-state index contributed by atoms with van der Waals surface area (Å²) in [5.74, 6) is 0.564. The Kier molecular flexibility index (Phi) is 7.54. The minimum atomic E-state index is -0.00435. The fourth-order valence-corrected chi connectivity index (χ4v) is 1.85. The molecule has 0 amide bonds. The van der Waals surface area contributed by atoms with Gasteiger partial charge in [0.05, 0.1) is 12.5 Å². The van der Waals surface area contributed by atoms with Crippen molar-refractivity contribution in [2.45, 2.75) is 53.4 Å². The van der Waals surface area contributed by atoms with Gasteiger partial charge in [0.15, 0.2) is 0 Å². The van der Waals surface area contributed by atoms with Gasteiger partial charge in [-0.3, -0.25) is 4.79 Å².